The number of rotatable bonds is 6. The van der Waals surface area contributed by atoms with E-state index in [2.05, 4.69) is 51.3 Å². The summed E-state index contributed by atoms with van der Waals surface area (Å²) in [6, 6.07) is 0. The molecule has 18 heavy (non-hydrogen) atoms. The maximum absolute atomic E-state index is 4.06. The first-order valence-corrected chi connectivity index (χ1v) is 7.27. The van der Waals surface area contributed by atoms with E-state index in [4.69, 9.17) is 0 Å². The Morgan fingerprint density at radius 2 is 2.22 bits per heavy atom. The fourth-order valence-electron chi connectivity index (χ4n) is 2.51. The molecule has 0 aromatic heterocycles. The van der Waals surface area contributed by atoms with Gasteiger partial charge in [0.1, 0.15) is 0 Å². The topological polar surface area (TPSA) is 3.24 Å². The van der Waals surface area contributed by atoms with Crippen molar-refractivity contribution in [1.29, 1.82) is 0 Å². The quantitative estimate of drug-likeness (QED) is 0.602. The normalized spacial score (nSPS) is 20.6. The Hall–Kier alpha value is -0.980. The second-order valence-corrected chi connectivity index (χ2v) is 5.65. The van der Waals surface area contributed by atoms with Crippen LogP contribution in [0.1, 0.15) is 53.4 Å². The van der Waals surface area contributed by atoms with Crippen molar-refractivity contribution in [2.75, 3.05) is 13.1 Å². The third kappa shape index (κ3) is 4.72. The average molecular weight is 247 g/mol. The lowest BCUT2D eigenvalue weighted by Gasteiger charge is -2.25. The molecule has 1 aliphatic rings. The van der Waals surface area contributed by atoms with Gasteiger partial charge in [0.25, 0.3) is 0 Å². The molecule has 0 aromatic rings. The third-order valence-corrected chi connectivity index (χ3v) is 3.95. The predicted octanol–water partition coefficient (Wildman–Crippen LogP) is 4.92. The van der Waals surface area contributed by atoms with Crippen LogP contribution in [0.5, 0.6) is 0 Å². The fraction of sp³-hybridized carbons (Fsp3) is 0.647. The van der Waals surface area contributed by atoms with E-state index in [9.17, 15) is 0 Å². The molecule has 1 unspecified atom stereocenters. The second kappa shape index (κ2) is 7.45. The summed E-state index contributed by atoms with van der Waals surface area (Å²) in [4.78, 5) is 2.37. The molecule has 0 aromatic carbocycles. The zero-order valence-electron chi connectivity index (χ0n) is 12.6. The van der Waals surface area contributed by atoms with Crippen LogP contribution in [0.25, 0.3) is 0 Å². The lowest BCUT2D eigenvalue weighted by molar-refractivity contribution is 0.379. The molecule has 0 saturated carbocycles. The molecule has 0 radical (unpaired) electrons. The Morgan fingerprint density at radius 1 is 1.50 bits per heavy atom. The van der Waals surface area contributed by atoms with Crippen LogP contribution >= 0.6 is 0 Å². The van der Waals surface area contributed by atoms with Gasteiger partial charge in [0.05, 0.1) is 0 Å². The minimum absolute atomic E-state index is 0.766. The fourth-order valence-corrected chi connectivity index (χ4v) is 2.51. The minimum Gasteiger partial charge on any atom is -0.372 e. The molecular weight excluding hydrogens is 218 g/mol. The molecule has 1 rings (SSSR count). The van der Waals surface area contributed by atoms with Gasteiger partial charge in [-0.2, -0.15) is 0 Å². The summed E-state index contributed by atoms with van der Waals surface area (Å²) in [6.45, 7) is 15.1. The van der Waals surface area contributed by atoms with Crippen LogP contribution in [0, 0.1) is 5.92 Å². The summed E-state index contributed by atoms with van der Waals surface area (Å²) in [5.41, 5.74) is 4.30. The molecule has 1 heteroatoms. The van der Waals surface area contributed by atoms with Gasteiger partial charge in [-0.05, 0) is 52.4 Å². The van der Waals surface area contributed by atoms with E-state index in [1.54, 1.807) is 11.1 Å². The number of hydrogen-bond acceptors (Lipinski definition) is 1. The third-order valence-electron chi connectivity index (χ3n) is 3.95. The first-order chi connectivity index (χ1) is 8.54. The van der Waals surface area contributed by atoms with Crippen molar-refractivity contribution in [3.8, 4) is 0 Å². The first-order valence-electron chi connectivity index (χ1n) is 7.27. The summed E-state index contributed by atoms with van der Waals surface area (Å²) >= 11 is 0. The van der Waals surface area contributed by atoms with Crippen LogP contribution < -0.4 is 0 Å². The largest absolute Gasteiger partial charge is 0.372 e. The van der Waals surface area contributed by atoms with Gasteiger partial charge in [-0.3, -0.25) is 0 Å². The Morgan fingerprint density at radius 3 is 2.72 bits per heavy atom. The van der Waals surface area contributed by atoms with Crippen molar-refractivity contribution in [3.63, 3.8) is 0 Å². The average Bonchev–Trinajstić information content (AvgIpc) is 2.34. The highest BCUT2D eigenvalue weighted by atomic mass is 15.1. The van der Waals surface area contributed by atoms with Gasteiger partial charge in [-0.1, -0.05) is 36.8 Å². The maximum Gasteiger partial charge on any atom is 0.0358 e. The standard InChI is InChI=1S/C17H29N/c1-6-12-18(14(2)3)13-11-16(5)17-9-7-15(4)8-10-17/h7,11,17H,2,6,8-10,12-13H2,1,3-5H3/b16-11-. The van der Waals surface area contributed by atoms with Crippen molar-refractivity contribution in [3.05, 3.63) is 35.6 Å². The van der Waals surface area contributed by atoms with Crippen molar-refractivity contribution in [2.24, 2.45) is 5.92 Å². The van der Waals surface area contributed by atoms with Gasteiger partial charge < -0.3 is 4.90 Å². The minimum atomic E-state index is 0.766. The molecule has 0 N–H and O–H groups in total. The van der Waals surface area contributed by atoms with E-state index in [0.717, 1.165) is 19.0 Å². The van der Waals surface area contributed by atoms with E-state index < -0.39 is 0 Å². The predicted molar refractivity (Wildman–Crippen MR) is 81.5 cm³/mol. The van der Waals surface area contributed by atoms with Gasteiger partial charge >= 0.3 is 0 Å². The van der Waals surface area contributed by atoms with Crippen LogP contribution in [0.15, 0.2) is 35.6 Å². The maximum atomic E-state index is 4.06. The lowest BCUT2D eigenvalue weighted by atomic mass is 9.85. The number of hydrogen-bond donors (Lipinski definition) is 0. The zero-order chi connectivity index (χ0) is 13.5. The van der Waals surface area contributed by atoms with E-state index in [-0.39, 0.29) is 0 Å². The molecule has 1 aliphatic carbocycles. The molecular formula is C17H29N. The van der Waals surface area contributed by atoms with Crippen LogP contribution in [-0.2, 0) is 0 Å². The summed E-state index contributed by atoms with van der Waals surface area (Å²) < 4.78 is 0. The van der Waals surface area contributed by atoms with Crippen molar-refractivity contribution in [2.45, 2.75) is 53.4 Å². The molecule has 1 nitrogen and oxygen atoms in total. The Balaban J connectivity index is 2.52. The van der Waals surface area contributed by atoms with Crippen LogP contribution in [0.3, 0.4) is 0 Å². The number of nitrogens with zero attached hydrogens (tertiary/aromatic N) is 1. The second-order valence-electron chi connectivity index (χ2n) is 5.65. The van der Waals surface area contributed by atoms with E-state index >= 15 is 0 Å². The summed E-state index contributed by atoms with van der Waals surface area (Å²) in [7, 11) is 0. The number of allylic oxidation sites excluding steroid dienone is 4. The van der Waals surface area contributed by atoms with Crippen molar-refractivity contribution < 1.29 is 0 Å². The van der Waals surface area contributed by atoms with E-state index in [1.807, 2.05) is 0 Å². The lowest BCUT2D eigenvalue weighted by Crippen LogP contribution is -2.22. The molecule has 0 spiro atoms. The van der Waals surface area contributed by atoms with Gasteiger partial charge in [-0.25, -0.2) is 0 Å². The Bertz CT molecular complexity index is 336. The molecule has 0 heterocycles. The summed E-state index contributed by atoms with van der Waals surface area (Å²) in [6.07, 6.45) is 9.83. The van der Waals surface area contributed by atoms with Gasteiger partial charge in [0.15, 0.2) is 0 Å². The molecule has 0 amide bonds. The highest BCUT2D eigenvalue weighted by Crippen LogP contribution is 2.28. The molecule has 1 atom stereocenters. The summed E-state index contributed by atoms with van der Waals surface area (Å²) in [5, 5.41) is 0. The molecule has 0 aliphatic heterocycles. The van der Waals surface area contributed by atoms with Crippen LogP contribution in [0.4, 0.5) is 0 Å². The molecule has 0 fully saturated rings. The molecule has 0 saturated heterocycles. The van der Waals surface area contributed by atoms with Gasteiger partial charge in [0.2, 0.25) is 0 Å². The SMILES string of the molecule is C=C(C)N(C/C=C(/C)C1CC=C(C)CC1)CCC. The zero-order valence-corrected chi connectivity index (χ0v) is 12.6. The monoisotopic (exact) mass is 247 g/mol. The van der Waals surface area contributed by atoms with Crippen LogP contribution in [0.2, 0.25) is 0 Å². The smallest absolute Gasteiger partial charge is 0.0358 e. The van der Waals surface area contributed by atoms with Crippen molar-refractivity contribution in [1.82, 2.24) is 4.90 Å². The van der Waals surface area contributed by atoms with E-state index in [0.29, 0.717) is 0 Å². The highest BCUT2D eigenvalue weighted by molar-refractivity contribution is 5.13. The van der Waals surface area contributed by atoms with E-state index in [1.165, 1.54) is 31.4 Å². The summed E-state index contributed by atoms with van der Waals surface area (Å²) in [5.74, 6) is 0.766. The molecule has 0 bridgehead atoms. The van der Waals surface area contributed by atoms with Gasteiger partial charge in [-0.15, -0.1) is 0 Å². The Kier molecular flexibility index (Phi) is 6.24. The molecule has 102 valence electrons. The highest BCUT2D eigenvalue weighted by Gasteiger charge is 2.14. The van der Waals surface area contributed by atoms with Crippen LogP contribution in [-0.4, -0.2) is 18.0 Å². The first kappa shape index (κ1) is 15.1. The van der Waals surface area contributed by atoms with Crippen molar-refractivity contribution >= 4 is 0 Å². The Labute approximate surface area is 113 Å². The van der Waals surface area contributed by atoms with Gasteiger partial charge in [0, 0.05) is 18.8 Å².